The molecule has 0 saturated carbocycles. The van der Waals surface area contributed by atoms with Gasteiger partial charge in [-0.3, -0.25) is 4.79 Å². The lowest BCUT2D eigenvalue weighted by molar-refractivity contribution is -0.138. The first kappa shape index (κ1) is 22.3. The molecule has 1 aromatic rings. The van der Waals surface area contributed by atoms with E-state index >= 15 is 0 Å². The molecule has 0 radical (unpaired) electrons. The van der Waals surface area contributed by atoms with Crippen molar-refractivity contribution in [1.29, 1.82) is 0 Å². The summed E-state index contributed by atoms with van der Waals surface area (Å²) in [6.07, 6.45) is -2.88. The molecule has 0 atom stereocenters. The maximum Gasteiger partial charge on any atom is 0.492 e. The highest BCUT2D eigenvalue weighted by molar-refractivity contribution is 6.56. The smallest absolute Gasteiger partial charge is 0.492 e. The second kappa shape index (κ2) is 7.79. The first-order chi connectivity index (χ1) is 12.8. The van der Waals surface area contributed by atoms with Crippen molar-refractivity contribution in [3.05, 3.63) is 34.8 Å². The minimum absolute atomic E-state index is 0.134. The van der Waals surface area contributed by atoms with Crippen LogP contribution >= 0.6 is 0 Å². The van der Waals surface area contributed by atoms with E-state index in [-0.39, 0.29) is 18.2 Å². The Balaban J connectivity index is 2.41. The Kier molecular flexibility index (Phi) is 6.20. The Hall–Kier alpha value is -2.00. The van der Waals surface area contributed by atoms with Gasteiger partial charge in [-0.15, -0.1) is 0 Å². The number of carbonyl (C=O) groups excluding carboxylic acids is 1. The lowest BCUT2D eigenvalue weighted by Crippen LogP contribution is -2.41. The topological polar surface area (TPSA) is 56.8 Å². The van der Waals surface area contributed by atoms with Crippen LogP contribution in [0.5, 0.6) is 5.75 Å². The van der Waals surface area contributed by atoms with Gasteiger partial charge in [0, 0.05) is 13.5 Å². The van der Waals surface area contributed by atoms with Crippen LogP contribution in [0, 0.1) is 0 Å². The van der Waals surface area contributed by atoms with Crippen LogP contribution in [0.1, 0.15) is 45.7 Å². The monoisotopic (exact) mass is 399 g/mol. The van der Waals surface area contributed by atoms with E-state index in [1.165, 1.54) is 26.2 Å². The van der Waals surface area contributed by atoms with Crippen LogP contribution in [0.3, 0.4) is 0 Å². The van der Waals surface area contributed by atoms with Gasteiger partial charge in [-0.25, -0.2) is 0 Å². The van der Waals surface area contributed by atoms with Gasteiger partial charge >= 0.3 is 13.3 Å². The maximum atomic E-state index is 13.1. The van der Waals surface area contributed by atoms with Crippen molar-refractivity contribution in [1.82, 2.24) is 5.32 Å². The minimum atomic E-state index is -4.52. The van der Waals surface area contributed by atoms with E-state index in [1.54, 1.807) is 6.08 Å². The number of amides is 1. The molecular formula is C19H25BF3NO4. The molecule has 0 aliphatic carbocycles. The van der Waals surface area contributed by atoms with E-state index in [0.29, 0.717) is 11.0 Å². The van der Waals surface area contributed by atoms with Crippen LogP contribution in [0.15, 0.2) is 23.7 Å². The normalized spacial score (nSPS) is 18.9. The molecule has 1 heterocycles. The molecule has 1 N–H and O–H groups in total. The van der Waals surface area contributed by atoms with Gasteiger partial charge in [-0.05, 0) is 50.9 Å². The van der Waals surface area contributed by atoms with Crippen LogP contribution in [0.4, 0.5) is 13.2 Å². The Morgan fingerprint density at radius 3 is 2.25 bits per heavy atom. The predicted octanol–water partition coefficient (Wildman–Crippen LogP) is 3.86. The van der Waals surface area contributed by atoms with Crippen LogP contribution in [-0.2, 0) is 20.3 Å². The molecule has 1 saturated heterocycles. The zero-order valence-electron chi connectivity index (χ0n) is 16.9. The first-order valence-electron chi connectivity index (χ1n) is 8.82. The molecule has 154 valence electrons. The average molecular weight is 399 g/mol. The highest BCUT2D eigenvalue weighted by Crippen LogP contribution is 2.40. The zero-order chi connectivity index (χ0) is 21.3. The standard InChI is InChI=1S/C19H25BF3NO4/c1-12(25)24-11-14(20-27-17(2,3)18(4,5)28-20)9-13-7-8-15(19(21,22)23)16(10-13)26-6/h7-10H,11H2,1-6H3,(H,24,25). The van der Waals surface area contributed by atoms with E-state index in [0.717, 1.165) is 6.07 Å². The van der Waals surface area contributed by atoms with E-state index in [9.17, 15) is 18.0 Å². The summed E-state index contributed by atoms with van der Waals surface area (Å²) in [5.74, 6) is -0.526. The molecule has 5 nitrogen and oxygen atoms in total. The maximum absolute atomic E-state index is 13.1. The fourth-order valence-electron chi connectivity index (χ4n) is 2.67. The number of methoxy groups -OCH3 is 1. The number of nitrogens with one attached hydrogen (secondary N) is 1. The van der Waals surface area contributed by atoms with Crippen molar-refractivity contribution >= 4 is 19.1 Å². The van der Waals surface area contributed by atoms with Gasteiger partial charge in [0.2, 0.25) is 5.91 Å². The summed E-state index contributed by atoms with van der Waals surface area (Å²) < 4.78 is 56.1. The summed E-state index contributed by atoms with van der Waals surface area (Å²) in [5.41, 5.74) is -0.989. The fourth-order valence-corrected chi connectivity index (χ4v) is 2.67. The number of halogens is 3. The molecule has 1 aliphatic heterocycles. The van der Waals surface area contributed by atoms with Gasteiger partial charge in [0.15, 0.2) is 0 Å². The number of benzene rings is 1. The second-order valence-corrected chi connectivity index (χ2v) is 7.67. The predicted molar refractivity (Wildman–Crippen MR) is 101 cm³/mol. The Morgan fingerprint density at radius 1 is 1.21 bits per heavy atom. The van der Waals surface area contributed by atoms with Crippen molar-refractivity contribution in [2.45, 2.75) is 52.0 Å². The highest BCUT2D eigenvalue weighted by Gasteiger charge is 2.52. The Bertz CT molecular complexity index is 759. The fraction of sp³-hybridized carbons (Fsp3) is 0.526. The van der Waals surface area contributed by atoms with E-state index in [4.69, 9.17) is 14.0 Å². The molecule has 0 spiro atoms. The van der Waals surface area contributed by atoms with Gasteiger partial charge in [0.1, 0.15) is 5.75 Å². The largest absolute Gasteiger partial charge is 0.496 e. The minimum Gasteiger partial charge on any atom is -0.496 e. The van der Waals surface area contributed by atoms with E-state index in [1.807, 2.05) is 27.7 Å². The van der Waals surface area contributed by atoms with Crippen LogP contribution < -0.4 is 10.1 Å². The Labute approximate surface area is 163 Å². The molecule has 28 heavy (non-hydrogen) atoms. The van der Waals surface area contributed by atoms with Crippen molar-refractivity contribution < 1.29 is 32.0 Å². The number of hydrogen-bond donors (Lipinski definition) is 1. The number of rotatable bonds is 5. The summed E-state index contributed by atoms with van der Waals surface area (Å²) in [6.45, 7) is 9.08. The number of hydrogen-bond acceptors (Lipinski definition) is 4. The summed E-state index contributed by atoms with van der Waals surface area (Å²) in [4.78, 5) is 11.4. The van der Waals surface area contributed by atoms with Gasteiger partial charge < -0.3 is 19.4 Å². The third-order valence-electron chi connectivity index (χ3n) is 4.98. The number of carbonyl (C=O) groups is 1. The van der Waals surface area contributed by atoms with Crippen LogP contribution in [-0.4, -0.2) is 37.9 Å². The van der Waals surface area contributed by atoms with Crippen LogP contribution in [0.25, 0.3) is 6.08 Å². The lowest BCUT2D eigenvalue weighted by Gasteiger charge is -2.32. The molecule has 9 heteroatoms. The quantitative estimate of drug-likeness (QED) is 0.764. The van der Waals surface area contributed by atoms with Gasteiger partial charge in [-0.1, -0.05) is 12.1 Å². The van der Waals surface area contributed by atoms with Crippen LogP contribution in [0.2, 0.25) is 0 Å². The highest BCUT2D eigenvalue weighted by atomic mass is 19.4. The molecule has 2 rings (SSSR count). The van der Waals surface area contributed by atoms with Crippen molar-refractivity contribution in [2.24, 2.45) is 0 Å². The molecular weight excluding hydrogens is 374 g/mol. The summed E-state index contributed by atoms with van der Waals surface area (Å²) >= 11 is 0. The van der Waals surface area contributed by atoms with Crippen molar-refractivity contribution in [2.75, 3.05) is 13.7 Å². The van der Waals surface area contributed by atoms with Gasteiger partial charge in [0.25, 0.3) is 0 Å². The molecule has 1 fully saturated rings. The first-order valence-corrected chi connectivity index (χ1v) is 8.82. The summed E-state index contributed by atoms with van der Waals surface area (Å²) in [6, 6.07) is 3.59. The number of ether oxygens (including phenoxy) is 1. The Morgan fingerprint density at radius 2 is 1.79 bits per heavy atom. The average Bonchev–Trinajstić information content (AvgIpc) is 2.77. The molecule has 0 unspecified atom stereocenters. The summed E-state index contributed by atoms with van der Waals surface area (Å²) in [5, 5.41) is 2.68. The van der Waals surface area contributed by atoms with E-state index < -0.39 is 30.1 Å². The van der Waals surface area contributed by atoms with Gasteiger partial charge in [0.05, 0.1) is 23.9 Å². The SMILES string of the molecule is COc1cc(C=C(CNC(C)=O)B2OC(C)(C)C(C)(C)O2)ccc1C(F)(F)F. The number of alkyl halides is 3. The third kappa shape index (κ3) is 4.88. The van der Waals surface area contributed by atoms with Crippen molar-refractivity contribution in [3.63, 3.8) is 0 Å². The van der Waals surface area contributed by atoms with Crippen molar-refractivity contribution in [3.8, 4) is 5.75 Å². The molecule has 1 aromatic carbocycles. The molecule has 0 bridgehead atoms. The lowest BCUT2D eigenvalue weighted by atomic mass is 9.77. The molecule has 1 amide bonds. The molecule has 0 aromatic heterocycles. The summed E-state index contributed by atoms with van der Waals surface area (Å²) in [7, 11) is 0.440. The molecule has 1 aliphatic rings. The van der Waals surface area contributed by atoms with Gasteiger partial charge in [-0.2, -0.15) is 13.2 Å². The third-order valence-corrected chi connectivity index (χ3v) is 4.98. The second-order valence-electron chi connectivity index (χ2n) is 7.67. The van der Waals surface area contributed by atoms with E-state index in [2.05, 4.69) is 5.32 Å². The zero-order valence-corrected chi connectivity index (χ0v) is 16.9.